The number of ether oxygens (including phenoxy) is 1. The monoisotopic (exact) mass is 618 g/mol. The molecule has 2 saturated carbocycles. The van der Waals surface area contributed by atoms with Crippen molar-refractivity contribution >= 4 is 39.4 Å². The van der Waals surface area contributed by atoms with E-state index < -0.39 is 5.82 Å². The van der Waals surface area contributed by atoms with Crippen molar-refractivity contribution in [1.82, 2.24) is 19.0 Å². The smallest absolute Gasteiger partial charge is 0.254 e. The maximum absolute atomic E-state index is 15.0. The van der Waals surface area contributed by atoms with Crippen molar-refractivity contribution < 1.29 is 18.7 Å². The van der Waals surface area contributed by atoms with Gasteiger partial charge < -0.3 is 29.8 Å². The number of aryl methyl sites for hydroxylation is 1. The predicted octanol–water partition coefficient (Wildman–Crippen LogP) is 5.48. The third kappa shape index (κ3) is 4.12. The minimum absolute atomic E-state index is 0.0198. The van der Waals surface area contributed by atoms with Crippen LogP contribution in [-0.2, 0) is 24.8 Å². The highest BCUT2D eigenvalue weighted by atomic mass is 19.1. The van der Waals surface area contributed by atoms with Crippen molar-refractivity contribution in [2.24, 2.45) is 24.6 Å². The number of nitrogens with one attached hydrogen (secondary N) is 1. The molecule has 0 spiro atoms. The van der Waals surface area contributed by atoms with E-state index in [9.17, 15) is 14.0 Å². The first kappa shape index (κ1) is 27.6. The average molecular weight is 619 g/mol. The average Bonchev–Trinajstić information content (AvgIpc) is 3.27. The Kier molecular flexibility index (Phi) is 5.94. The number of nitrogens with zero attached hydrogens (tertiary/aromatic N) is 4. The van der Waals surface area contributed by atoms with Crippen molar-refractivity contribution in [1.29, 1.82) is 0 Å². The van der Waals surface area contributed by atoms with Gasteiger partial charge in [-0.25, -0.2) is 9.37 Å². The summed E-state index contributed by atoms with van der Waals surface area (Å²) in [7, 11) is 3.61. The molecule has 9 nitrogen and oxygen atoms in total. The molecule has 2 bridgehead atoms. The quantitative estimate of drug-likeness (QED) is 0.262. The molecule has 3 N–H and O–H groups in total. The zero-order chi connectivity index (χ0) is 31.4. The Morgan fingerprint density at radius 3 is 2.67 bits per heavy atom. The summed E-state index contributed by atoms with van der Waals surface area (Å²) in [5.41, 5.74) is 13.1. The van der Waals surface area contributed by atoms with Crippen LogP contribution < -0.4 is 15.8 Å². The molecule has 4 aliphatic rings. The van der Waals surface area contributed by atoms with E-state index >= 15 is 0 Å². The lowest BCUT2D eigenvalue weighted by molar-refractivity contribution is -0.115. The summed E-state index contributed by atoms with van der Waals surface area (Å²) < 4.78 is 25.2. The number of hydrogen-bond acceptors (Lipinski definition) is 5. The van der Waals surface area contributed by atoms with Crippen LogP contribution in [-0.4, -0.2) is 56.6 Å². The van der Waals surface area contributed by atoms with Crippen molar-refractivity contribution in [2.45, 2.75) is 50.7 Å². The number of aromatic nitrogens is 3. The van der Waals surface area contributed by atoms with E-state index in [2.05, 4.69) is 32.7 Å². The molecule has 0 radical (unpaired) electrons. The number of fused-ring (bicyclic) bond motifs is 5. The van der Waals surface area contributed by atoms with Gasteiger partial charge in [0, 0.05) is 48.7 Å². The van der Waals surface area contributed by atoms with Gasteiger partial charge in [-0.15, -0.1) is 0 Å². The molecule has 5 aromatic rings. The third-order valence-electron chi connectivity index (χ3n) is 10.7. The highest BCUT2D eigenvalue weighted by molar-refractivity contribution is 6.01. The number of anilines is 1. The Bertz CT molecular complexity index is 2130. The van der Waals surface area contributed by atoms with Crippen molar-refractivity contribution in [3.05, 3.63) is 65.5 Å². The number of carbonyl (C=O) groups excluding carboxylic acids is 2. The molecule has 2 aliphatic heterocycles. The first-order valence-electron chi connectivity index (χ1n) is 16.1. The van der Waals surface area contributed by atoms with Crippen LogP contribution in [0.2, 0.25) is 0 Å². The Morgan fingerprint density at radius 2 is 1.93 bits per heavy atom. The van der Waals surface area contributed by atoms with Crippen LogP contribution >= 0.6 is 0 Å². The second-order valence-electron chi connectivity index (χ2n) is 13.6. The maximum Gasteiger partial charge on any atom is 0.254 e. The number of rotatable bonds is 6. The van der Waals surface area contributed by atoms with Gasteiger partial charge in [0.1, 0.15) is 17.1 Å². The molecule has 1 saturated heterocycles. The predicted molar refractivity (Wildman–Crippen MR) is 174 cm³/mol. The fraction of sp³-hybridized carbons (Fsp3) is 0.361. The molecule has 2 amide bonds. The Hall–Kier alpha value is -4.70. The van der Waals surface area contributed by atoms with Crippen LogP contribution in [0.4, 0.5) is 10.1 Å². The Morgan fingerprint density at radius 1 is 1.09 bits per heavy atom. The zero-order valence-electron chi connectivity index (χ0n) is 25.8. The van der Waals surface area contributed by atoms with Crippen LogP contribution in [0.5, 0.6) is 5.75 Å². The van der Waals surface area contributed by atoms with Crippen LogP contribution in [0.15, 0.2) is 48.5 Å². The minimum atomic E-state index is -0.418. The molecule has 3 atom stereocenters. The second kappa shape index (κ2) is 9.90. The van der Waals surface area contributed by atoms with Crippen LogP contribution in [0, 0.1) is 17.7 Å². The van der Waals surface area contributed by atoms with Crippen LogP contribution in [0.3, 0.4) is 0 Å². The molecule has 3 fully saturated rings. The maximum atomic E-state index is 15.0. The second-order valence-corrected chi connectivity index (χ2v) is 13.6. The number of methoxy groups -OCH3 is 1. The van der Waals surface area contributed by atoms with Crippen molar-refractivity contribution in [2.75, 3.05) is 19.0 Å². The number of amides is 2. The lowest BCUT2D eigenvalue weighted by Gasteiger charge is -2.27. The van der Waals surface area contributed by atoms with Crippen LogP contribution in [0.1, 0.15) is 41.6 Å². The van der Waals surface area contributed by atoms with E-state index in [0.29, 0.717) is 40.8 Å². The first-order chi connectivity index (χ1) is 22.3. The summed E-state index contributed by atoms with van der Waals surface area (Å²) in [6.45, 7) is 1.55. The number of imidazole rings is 1. The van der Waals surface area contributed by atoms with Gasteiger partial charge in [-0.2, -0.15) is 0 Å². The van der Waals surface area contributed by atoms with E-state index in [0.717, 1.165) is 58.5 Å². The van der Waals surface area contributed by atoms with Crippen LogP contribution in [0.25, 0.3) is 44.6 Å². The lowest BCUT2D eigenvalue weighted by Crippen LogP contribution is -2.41. The van der Waals surface area contributed by atoms with E-state index in [1.165, 1.54) is 18.9 Å². The number of likely N-dealkylation sites (tertiary alicyclic amines) is 1. The number of benzene rings is 3. The summed E-state index contributed by atoms with van der Waals surface area (Å²) >= 11 is 0. The summed E-state index contributed by atoms with van der Waals surface area (Å²) in [6, 6.07) is 15.6. The van der Waals surface area contributed by atoms with Gasteiger partial charge in [-0.1, -0.05) is 12.1 Å². The van der Waals surface area contributed by atoms with Crippen molar-refractivity contribution in [3.8, 4) is 28.4 Å². The van der Waals surface area contributed by atoms with E-state index in [1.54, 1.807) is 7.11 Å². The molecule has 46 heavy (non-hydrogen) atoms. The summed E-state index contributed by atoms with van der Waals surface area (Å²) in [6.07, 6.45) is 4.58. The van der Waals surface area contributed by atoms with E-state index in [1.807, 2.05) is 36.2 Å². The van der Waals surface area contributed by atoms with Gasteiger partial charge in [-0.05, 0) is 90.6 Å². The summed E-state index contributed by atoms with van der Waals surface area (Å²) in [4.78, 5) is 32.7. The molecule has 234 valence electrons. The fourth-order valence-electron chi connectivity index (χ4n) is 8.11. The van der Waals surface area contributed by atoms with Gasteiger partial charge in [0.15, 0.2) is 5.82 Å². The standard InChI is InChI=1S/C36H35FN6O3/c1-41-34-26(11-24(14-30(34)46-2)36(45)43-17-21-7-8-27(43)32(21)38)39-35(41)29-13-20-6-5-19(12-28(20)42(29)16-18-3-4-18)22-9-23-15-31(44)40-33(23)25(37)10-22/h5-6,9-14,18,21,27,32H,3-4,7-8,15-17,38H2,1-2H3,(H,40,44)/t21-,27-,32-/m1/s1. The van der Waals surface area contributed by atoms with E-state index in [-0.39, 0.29) is 36.0 Å². The lowest BCUT2D eigenvalue weighted by atomic mass is 10.0. The molecule has 0 unspecified atom stereocenters. The number of nitrogens with two attached hydrogens (primary N) is 1. The van der Waals surface area contributed by atoms with Gasteiger partial charge in [0.05, 0.1) is 30.4 Å². The Balaban J connectivity index is 1.15. The SMILES string of the molecule is COc1cc(C(=O)N2C[C@H]3CC[C@@H]2[C@@H]3N)cc2nc(-c3cc4ccc(-c5cc(F)c6c(c5)CC(=O)N6)cc4n3CC3CC3)n(C)c12. The van der Waals surface area contributed by atoms with Gasteiger partial charge >= 0.3 is 0 Å². The third-order valence-corrected chi connectivity index (χ3v) is 10.7. The Labute approximate surface area is 265 Å². The molecule has 3 aromatic carbocycles. The highest BCUT2D eigenvalue weighted by Crippen LogP contribution is 2.41. The first-order valence-corrected chi connectivity index (χ1v) is 16.1. The molecular weight excluding hydrogens is 583 g/mol. The number of hydrogen-bond donors (Lipinski definition) is 2. The normalized spacial score (nSPS) is 21.9. The molecule has 2 aromatic heterocycles. The fourth-order valence-corrected chi connectivity index (χ4v) is 8.11. The van der Waals surface area contributed by atoms with Gasteiger partial charge in [0.25, 0.3) is 5.91 Å². The molecule has 4 heterocycles. The number of carbonyl (C=O) groups is 2. The summed E-state index contributed by atoms with van der Waals surface area (Å²) in [5, 5.41) is 3.69. The minimum Gasteiger partial charge on any atom is -0.494 e. The van der Waals surface area contributed by atoms with Gasteiger partial charge in [0.2, 0.25) is 5.91 Å². The molecule has 2 aliphatic carbocycles. The molecule has 9 rings (SSSR count). The summed E-state index contributed by atoms with van der Waals surface area (Å²) in [5.74, 6) is 1.72. The van der Waals surface area contributed by atoms with Crippen molar-refractivity contribution in [3.63, 3.8) is 0 Å². The van der Waals surface area contributed by atoms with Gasteiger partial charge in [-0.3, -0.25) is 9.59 Å². The number of halogens is 1. The number of piperidine rings is 1. The molecular formula is C36H35FN6O3. The zero-order valence-corrected chi connectivity index (χ0v) is 25.8. The van der Waals surface area contributed by atoms with E-state index in [4.69, 9.17) is 15.5 Å². The topological polar surface area (TPSA) is 107 Å². The molecule has 10 heteroatoms. The highest BCUT2D eigenvalue weighted by Gasteiger charge is 2.47. The largest absolute Gasteiger partial charge is 0.494 e.